The zero-order chi connectivity index (χ0) is 13.9. The summed E-state index contributed by atoms with van der Waals surface area (Å²) in [6.45, 7) is 1.97. The summed E-state index contributed by atoms with van der Waals surface area (Å²) >= 11 is 1.50. The van der Waals surface area contributed by atoms with Gasteiger partial charge in [-0.1, -0.05) is 54.6 Å². The van der Waals surface area contributed by atoms with Gasteiger partial charge in [-0.25, -0.2) is 0 Å². The summed E-state index contributed by atoms with van der Waals surface area (Å²) in [5.41, 5.74) is 4.09. The van der Waals surface area contributed by atoms with E-state index < -0.39 is 0 Å². The molecule has 3 rings (SSSR count). The van der Waals surface area contributed by atoms with Gasteiger partial charge in [-0.2, -0.15) is 0 Å². The Morgan fingerprint density at radius 1 is 0.850 bits per heavy atom. The normalized spacial score (nSPS) is 10.4. The summed E-state index contributed by atoms with van der Waals surface area (Å²) in [5.74, 6) is 0.108. The molecule has 98 valence electrons. The minimum atomic E-state index is 0.108. The van der Waals surface area contributed by atoms with E-state index in [1.165, 1.54) is 16.9 Å². The van der Waals surface area contributed by atoms with E-state index in [0.717, 1.165) is 21.6 Å². The highest BCUT2D eigenvalue weighted by Gasteiger charge is 2.12. The Bertz CT molecular complexity index is 724. The van der Waals surface area contributed by atoms with Gasteiger partial charge >= 0.3 is 0 Å². The molecule has 0 bridgehead atoms. The van der Waals surface area contributed by atoms with Gasteiger partial charge in [0.1, 0.15) is 0 Å². The molecule has 0 spiro atoms. The third-order valence-electron chi connectivity index (χ3n) is 3.32. The van der Waals surface area contributed by atoms with Crippen LogP contribution in [0.1, 0.15) is 20.8 Å². The number of thiophene rings is 1. The van der Waals surface area contributed by atoms with Crippen molar-refractivity contribution in [3.05, 3.63) is 82.0 Å². The van der Waals surface area contributed by atoms with Gasteiger partial charge in [0.15, 0.2) is 0 Å². The van der Waals surface area contributed by atoms with Crippen LogP contribution in [0.5, 0.6) is 0 Å². The molecule has 0 aliphatic carbocycles. The van der Waals surface area contributed by atoms with Crippen LogP contribution in [0.15, 0.2) is 66.0 Å². The maximum absolute atomic E-state index is 12.4. The van der Waals surface area contributed by atoms with E-state index >= 15 is 0 Å². The van der Waals surface area contributed by atoms with Gasteiger partial charge in [0.2, 0.25) is 5.78 Å². The third-order valence-corrected chi connectivity index (χ3v) is 4.34. The van der Waals surface area contributed by atoms with Gasteiger partial charge in [-0.3, -0.25) is 4.79 Å². The molecule has 0 saturated carbocycles. The molecule has 0 aliphatic heterocycles. The first-order chi connectivity index (χ1) is 9.75. The van der Waals surface area contributed by atoms with Crippen LogP contribution in [-0.4, -0.2) is 5.78 Å². The SMILES string of the molecule is Cc1ccsc1C(=O)c1ccc(-c2ccccc2)cc1. The lowest BCUT2D eigenvalue weighted by Crippen LogP contribution is -2.00. The third kappa shape index (κ3) is 2.43. The van der Waals surface area contributed by atoms with E-state index in [1.54, 1.807) is 0 Å². The molecule has 0 aliphatic rings. The van der Waals surface area contributed by atoms with Crippen LogP contribution < -0.4 is 0 Å². The minimum absolute atomic E-state index is 0.108. The second-order valence-electron chi connectivity index (χ2n) is 4.71. The molecule has 0 N–H and O–H groups in total. The molecule has 1 nitrogen and oxygen atoms in total. The molecule has 20 heavy (non-hydrogen) atoms. The molecule has 2 heteroatoms. The first-order valence-corrected chi connectivity index (χ1v) is 7.38. The number of carbonyl (C=O) groups is 1. The van der Waals surface area contributed by atoms with Gasteiger partial charge in [-0.15, -0.1) is 11.3 Å². The smallest absolute Gasteiger partial charge is 0.203 e. The van der Waals surface area contributed by atoms with Crippen molar-refractivity contribution in [3.8, 4) is 11.1 Å². The van der Waals surface area contributed by atoms with Crippen molar-refractivity contribution in [2.45, 2.75) is 6.92 Å². The number of rotatable bonds is 3. The molecule has 2 aromatic carbocycles. The molecule has 0 unspecified atom stereocenters. The quantitative estimate of drug-likeness (QED) is 0.619. The van der Waals surface area contributed by atoms with Gasteiger partial charge in [0.25, 0.3) is 0 Å². The number of hydrogen-bond donors (Lipinski definition) is 0. The summed E-state index contributed by atoms with van der Waals surface area (Å²) < 4.78 is 0. The Kier molecular flexibility index (Phi) is 3.48. The van der Waals surface area contributed by atoms with Crippen molar-refractivity contribution < 1.29 is 4.79 Å². The van der Waals surface area contributed by atoms with Crippen molar-refractivity contribution in [1.82, 2.24) is 0 Å². The monoisotopic (exact) mass is 278 g/mol. The van der Waals surface area contributed by atoms with Crippen LogP contribution in [0.4, 0.5) is 0 Å². The van der Waals surface area contributed by atoms with E-state index in [4.69, 9.17) is 0 Å². The molecule has 0 amide bonds. The van der Waals surface area contributed by atoms with Crippen LogP contribution in [-0.2, 0) is 0 Å². The number of benzene rings is 2. The highest BCUT2D eigenvalue weighted by molar-refractivity contribution is 7.12. The van der Waals surface area contributed by atoms with E-state index in [9.17, 15) is 4.79 Å². The summed E-state index contributed by atoms with van der Waals surface area (Å²) in [4.78, 5) is 13.2. The average molecular weight is 278 g/mol. The number of aryl methyl sites for hydroxylation is 1. The average Bonchev–Trinajstić information content (AvgIpc) is 2.94. The highest BCUT2D eigenvalue weighted by atomic mass is 32.1. The molecule has 1 aromatic heterocycles. The van der Waals surface area contributed by atoms with Crippen LogP contribution >= 0.6 is 11.3 Å². The topological polar surface area (TPSA) is 17.1 Å². The van der Waals surface area contributed by atoms with E-state index in [1.807, 2.05) is 60.8 Å². The second-order valence-corrected chi connectivity index (χ2v) is 5.62. The van der Waals surface area contributed by atoms with Crippen LogP contribution in [0.2, 0.25) is 0 Å². The zero-order valence-corrected chi connectivity index (χ0v) is 12.0. The van der Waals surface area contributed by atoms with Gasteiger partial charge in [0.05, 0.1) is 4.88 Å². The lowest BCUT2D eigenvalue weighted by atomic mass is 10.0. The molecule has 0 radical (unpaired) electrons. The summed E-state index contributed by atoms with van der Waals surface area (Å²) in [6.07, 6.45) is 0. The largest absolute Gasteiger partial charge is 0.288 e. The van der Waals surface area contributed by atoms with Crippen molar-refractivity contribution in [2.75, 3.05) is 0 Å². The first kappa shape index (κ1) is 12.8. The van der Waals surface area contributed by atoms with Crippen molar-refractivity contribution >= 4 is 17.1 Å². The van der Waals surface area contributed by atoms with Crippen molar-refractivity contribution in [1.29, 1.82) is 0 Å². The predicted octanol–water partition coefficient (Wildman–Crippen LogP) is 4.95. The number of ketones is 1. The minimum Gasteiger partial charge on any atom is -0.288 e. The Morgan fingerprint density at radius 3 is 2.10 bits per heavy atom. The number of carbonyl (C=O) groups excluding carboxylic acids is 1. The van der Waals surface area contributed by atoms with Gasteiger partial charge in [0, 0.05) is 5.56 Å². The fourth-order valence-corrected chi connectivity index (χ4v) is 3.07. The molecule has 0 atom stereocenters. The summed E-state index contributed by atoms with van der Waals surface area (Å²) in [5, 5.41) is 1.96. The predicted molar refractivity (Wildman–Crippen MR) is 84.4 cm³/mol. The Morgan fingerprint density at radius 2 is 1.50 bits per heavy atom. The molecular weight excluding hydrogens is 264 g/mol. The Labute approximate surface area is 122 Å². The van der Waals surface area contributed by atoms with Crippen molar-refractivity contribution in [3.63, 3.8) is 0 Å². The summed E-state index contributed by atoms with van der Waals surface area (Å²) in [7, 11) is 0. The van der Waals surface area contributed by atoms with E-state index in [-0.39, 0.29) is 5.78 Å². The summed E-state index contributed by atoms with van der Waals surface area (Å²) in [6, 6.07) is 20.0. The van der Waals surface area contributed by atoms with E-state index in [2.05, 4.69) is 12.1 Å². The van der Waals surface area contributed by atoms with E-state index in [0.29, 0.717) is 0 Å². The zero-order valence-electron chi connectivity index (χ0n) is 11.2. The maximum Gasteiger partial charge on any atom is 0.203 e. The Balaban J connectivity index is 1.91. The highest BCUT2D eigenvalue weighted by Crippen LogP contribution is 2.23. The lowest BCUT2D eigenvalue weighted by molar-refractivity contribution is 0.104. The van der Waals surface area contributed by atoms with Crippen LogP contribution in [0, 0.1) is 6.92 Å². The van der Waals surface area contributed by atoms with Crippen LogP contribution in [0.25, 0.3) is 11.1 Å². The second kappa shape index (κ2) is 5.43. The number of hydrogen-bond acceptors (Lipinski definition) is 2. The first-order valence-electron chi connectivity index (χ1n) is 6.50. The van der Waals surface area contributed by atoms with Gasteiger partial charge in [-0.05, 0) is 35.1 Å². The van der Waals surface area contributed by atoms with Crippen LogP contribution in [0.3, 0.4) is 0 Å². The maximum atomic E-state index is 12.4. The standard InChI is InChI=1S/C18H14OS/c1-13-11-12-20-18(13)17(19)16-9-7-15(8-10-16)14-5-3-2-4-6-14/h2-12H,1H3. The van der Waals surface area contributed by atoms with Crippen molar-refractivity contribution in [2.24, 2.45) is 0 Å². The molecular formula is C18H14OS. The lowest BCUT2D eigenvalue weighted by Gasteiger charge is -2.04. The van der Waals surface area contributed by atoms with Gasteiger partial charge < -0.3 is 0 Å². The molecule has 0 saturated heterocycles. The fourth-order valence-electron chi connectivity index (χ4n) is 2.18. The fraction of sp³-hybridized carbons (Fsp3) is 0.0556. The Hall–Kier alpha value is -2.19. The molecule has 3 aromatic rings. The molecule has 1 heterocycles. The molecule has 0 fully saturated rings.